The van der Waals surface area contributed by atoms with Gasteiger partial charge in [0.25, 0.3) is 0 Å². The summed E-state index contributed by atoms with van der Waals surface area (Å²) < 4.78 is 6.29. The van der Waals surface area contributed by atoms with Crippen LogP contribution in [-0.2, 0) is 12.0 Å². The number of furan rings is 1. The molecule has 1 N–H and O–H groups in total. The fourth-order valence-electron chi connectivity index (χ4n) is 3.04. The molecule has 0 aliphatic heterocycles. The van der Waals surface area contributed by atoms with E-state index in [2.05, 4.69) is 65.9 Å². The van der Waals surface area contributed by atoms with Crippen LogP contribution in [0, 0.1) is 6.92 Å². The largest absolute Gasteiger partial charge is 0.459 e. The molecule has 2 rings (SSSR count). The van der Waals surface area contributed by atoms with Crippen LogP contribution in [0.15, 0.2) is 16.5 Å². The highest BCUT2D eigenvalue weighted by molar-refractivity contribution is 5.89. The van der Waals surface area contributed by atoms with Crippen molar-refractivity contribution >= 4 is 11.0 Å². The Labute approximate surface area is 128 Å². The average Bonchev–Trinajstić information content (AvgIpc) is 2.76. The minimum atomic E-state index is 0.0768. The molecule has 0 spiro atoms. The second-order valence-corrected chi connectivity index (χ2v) is 7.26. The monoisotopic (exact) mass is 287 g/mol. The SMILES string of the molecule is CCNCc1oc2c(C)ccc(C(C)C)c2c1C(C)(C)C. The minimum absolute atomic E-state index is 0.0768. The van der Waals surface area contributed by atoms with Gasteiger partial charge < -0.3 is 9.73 Å². The third kappa shape index (κ3) is 3.01. The van der Waals surface area contributed by atoms with Crippen LogP contribution >= 0.6 is 0 Å². The van der Waals surface area contributed by atoms with Crippen LogP contribution in [0.25, 0.3) is 11.0 Å². The summed E-state index contributed by atoms with van der Waals surface area (Å²) in [6.07, 6.45) is 0. The molecule has 0 unspecified atom stereocenters. The smallest absolute Gasteiger partial charge is 0.137 e. The molecule has 0 radical (unpaired) electrons. The third-order valence-electron chi connectivity index (χ3n) is 4.05. The first-order chi connectivity index (χ1) is 9.77. The van der Waals surface area contributed by atoms with E-state index in [1.807, 2.05) is 0 Å². The molecule has 0 amide bonds. The molecule has 0 saturated heterocycles. The Bertz CT molecular complexity index is 629. The first-order valence-corrected chi connectivity index (χ1v) is 8.03. The van der Waals surface area contributed by atoms with E-state index in [9.17, 15) is 0 Å². The quantitative estimate of drug-likeness (QED) is 0.828. The maximum absolute atomic E-state index is 6.29. The maximum Gasteiger partial charge on any atom is 0.137 e. The van der Waals surface area contributed by atoms with E-state index in [1.54, 1.807) is 0 Å². The van der Waals surface area contributed by atoms with Crippen LogP contribution in [0.3, 0.4) is 0 Å². The van der Waals surface area contributed by atoms with Crippen LogP contribution in [0.1, 0.15) is 69.9 Å². The molecule has 1 aromatic heterocycles. The van der Waals surface area contributed by atoms with Crippen molar-refractivity contribution < 1.29 is 4.42 Å². The number of nitrogens with one attached hydrogen (secondary N) is 1. The third-order valence-corrected chi connectivity index (χ3v) is 4.05. The fourth-order valence-corrected chi connectivity index (χ4v) is 3.04. The van der Waals surface area contributed by atoms with Gasteiger partial charge in [-0.25, -0.2) is 0 Å². The second kappa shape index (κ2) is 5.84. The zero-order chi connectivity index (χ0) is 15.8. The van der Waals surface area contributed by atoms with E-state index >= 15 is 0 Å². The zero-order valence-corrected chi connectivity index (χ0v) is 14.6. The summed E-state index contributed by atoms with van der Waals surface area (Å²) in [6, 6.07) is 4.45. The van der Waals surface area contributed by atoms with Gasteiger partial charge in [-0.2, -0.15) is 0 Å². The van der Waals surface area contributed by atoms with Gasteiger partial charge in [-0.1, -0.05) is 53.7 Å². The highest BCUT2D eigenvalue weighted by atomic mass is 16.3. The summed E-state index contributed by atoms with van der Waals surface area (Å²) in [5, 5.41) is 4.75. The highest BCUT2D eigenvalue weighted by Gasteiger charge is 2.27. The molecule has 0 fully saturated rings. The molecular weight excluding hydrogens is 258 g/mol. The van der Waals surface area contributed by atoms with Gasteiger partial charge in [0, 0.05) is 10.9 Å². The minimum Gasteiger partial charge on any atom is -0.459 e. The Morgan fingerprint density at radius 2 is 1.86 bits per heavy atom. The summed E-state index contributed by atoms with van der Waals surface area (Å²) in [7, 11) is 0. The van der Waals surface area contributed by atoms with Crippen LogP contribution < -0.4 is 5.32 Å². The number of hydrogen-bond acceptors (Lipinski definition) is 2. The lowest BCUT2D eigenvalue weighted by Crippen LogP contribution is -2.18. The van der Waals surface area contributed by atoms with Gasteiger partial charge in [0.1, 0.15) is 11.3 Å². The maximum atomic E-state index is 6.29. The molecule has 0 aliphatic rings. The topological polar surface area (TPSA) is 25.2 Å². The summed E-state index contributed by atoms with van der Waals surface area (Å²) >= 11 is 0. The van der Waals surface area contributed by atoms with Crippen molar-refractivity contribution in [3.63, 3.8) is 0 Å². The molecule has 0 atom stereocenters. The predicted molar refractivity (Wildman–Crippen MR) is 91.1 cm³/mol. The van der Waals surface area contributed by atoms with Crippen molar-refractivity contribution in [2.24, 2.45) is 0 Å². The Kier molecular flexibility index (Phi) is 4.48. The predicted octanol–water partition coefficient (Wildman–Crippen LogP) is 5.27. The average molecular weight is 287 g/mol. The Balaban J connectivity index is 2.80. The summed E-state index contributed by atoms with van der Waals surface area (Å²) in [5.41, 5.74) is 5.13. The molecule has 0 saturated carbocycles. The highest BCUT2D eigenvalue weighted by Crippen LogP contribution is 2.40. The van der Waals surface area contributed by atoms with Crippen molar-refractivity contribution in [2.75, 3.05) is 6.54 Å². The van der Waals surface area contributed by atoms with Gasteiger partial charge in [0.2, 0.25) is 0 Å². The van der Waals surface area contributed by atoms with Crippen molar-refractivity contribution in [1.29, 1.82) is 0 Å². The van der Waals surface area contributed by atoms with Crippen molar-refractivity contribution in [2.45, 2.75) is 66.3 Å². The van der Waals surface area contributed by atoms with Crippen molar-refractivity contribution in [3.8, 4) is 0 Å². The lowest BCUT2D eigenvalue weighted by molar-refractivity contribution is 0.486. The van der Waals surface area contributed by atoms with Crippen LogP contribution in [-0.4, -0.2) is 6.54 Å². The fraction of sp³-hybridized carbons (Fsp3) is 0.579. The molecule has 2 heteroatoms. The number of fused-ring (bicyclic) bond motifs is 1. The standard InChI is InChI=1S/C19H29NO/c1-8-20-11-15-17(19(5,6)7)16-14(12(2)3)10-9-13(4)18(16)21-15/h9-10,12,20H,8,11H2,1-7H3. The van der Waals surface area contributed by atoms with E-state index in [1.165, 1.54) is 22.1 Å². The molecule has 21 heavy (non-hydrogen) atoms. The Morgan fingerprint density at radius 1 is 1.19 bits per heavy atom. The first-order valence-electron chi connectivity index (χ1n) is 8.03. The zero-order valence-electron chi connectivity index (χ0n) is 14.6. The van der Waals surface area contributed by atoms with Crippen LogP contribution in [0.4, 0.5) is 0 Å². The lowest BCUT2D eigenvalue weighted by atomic mass is 9.82. The van der Waals surface area contributed by atoms with E-state index < -0.39 is 0 Å². The number of rotatable bonds is 4. The van der Waals surface area contributed by atoms with Gasteiger partial charge in [-0.05, 0) is 35.9 Å². The molecule has 2 aromatic rings. The molecule has 2 nitrogen and oxygen atoms in total. The van der Waals surface area contributed by atoms with Crippen LogP contribution in [0.5, 0.6) is 0 Å². The van der Waals surface area contributed by atoms with Crippen molar-refractivity contribution in [3.05, 3.63) is 34.6 Å². The Morgan fingerprint density at radius 3 is 2.38 bits per heavy atom. The van der Waals surface area contributed by atoms with Gasteiger partial charge in [-0.15, -0.1) is 0 Å². The lowest BCUT2D eigenvalue weighted by Gasteiger charge is -2.21. The van der Waals surface area contributed by atoms with E-state index in [4.69, 9.17) is 4.42 Å². The van der Waals surface area contributed by atoms with Gasteiger partial charge >= 0.3 is 0 Å². The number of aryl methyl sites for hydroxylation is 1. The first kappa shape index (κ1) is 16.1. The summed E-state index contributed by atoms with van der Waals surface area (Å²) in [6.45, 7) is 17.4. The molecule has 1 aromatic carbocycles. The van der Waals surface area contributed by atoms with Gasteiger partial charge in [-0.3, -0.25) is 0 Å². The normalized spacial score (nSPS) is 12.6. The number of benzene rings is 1. The molecule has 0 bridgehead atoms. The van der Waals surface area contributed by atoms with Gasteiger partial charge in [0.15, 0.2) is 0 Å². The summed E-state index contributed by atoms with van der Waals surface area (Å²) in [5.74, 6) is 1.59. The second-order valence-electron chi connectivity index (χ2n) is 7.26. The Hall–Kier alpha value is -1.28. The van der Waals surface area contributed by atoms with E-state index in [0.717, 1.165) is 24.4 Å². The molecule has 116 valence electrons. The van der Waals surface area contributed by atoms with Crippen LogP contribution in [0.2, 0.25) is 0 Å². The summed E-state index contributed by atoms with van der Waals surface area (Å²) in [4.78, 5) is 0. The van der Waals surface area contributed by atoms with E-state index in [-0.39, 0.29) is 5.41 Å². The number of hydrogen-bond donors (Lipinski definition) is 1. The van der Waals surface area contributed by atoms with Crippen molar-refractivity contribution in [1.82, 2.24) is 5.32 Å². The van der Waals surface area contributed by atoms with Gasteiger partial charge in [0.05, 0.1) is 6.54 Å². The molecule has 0 aliphatic carbocycles. The molecule has 1 heterocycles. The molecular formula is C19H29NO. The van der Waals surface area contributed by atoms with E-state index in [0.29, 0.717) is 5.92 Å².